The fraction of sp³-hybridized carbons (Fsp3) is 1.00. The molecule has 0 radical (unpaired) electrons. The molecule has 0 saturated carbocycles. The molecule has 92 valence electrons. The normalized spacial score (nSPS) is 13.2. The van der Waals surface area contributed by atoms with E-state index in [0.29, 0.717) is 5.67 Å². The highest BCUT2D eigenvalue weighted by Gasteiger charge is 2.40. The molecule has 6 heteroatoms. The Morgan fingerprint density at radius 3 is 1.33 bits per heavy atom. The van der Waals surface area contributed by atoms with Gasteiger partial charge in [0, 0.05) is 0 Å². The zero-order valence-corrected chi connectivity index (χ0v) is 14.5. The third kappa shape index (κ3) is 9.31. The van der Waals surface area contributed by atoms with Gasteiger partial charge in [-0.3, -0.25) is 0 Å². The molecule has 0 aliphatic heterocycles. The van der Waals surface area contributed by atoms with Crippen LogP contribution in [0.1, 0.15) is 39.5 Å². The molecule has 0 saturated heterocycles. The highest BCUT2D eigenvalue weighted by atomic mass is 35.7. The van der Waals surface area contributed by atoms with Gasteiger partial charge in [-0.05, 0) is 17.8 Å². The maximum absolute atomic E-state index is 6.35. The van der Waals surface area contributed by atoms with Crippen LogP contribution in [0.15, 0.2) is 0 Å². The van der Waals surface area contributed by atoms with Crippen molar-refractivity contribution in [3.05, 3.63) is 0 Å². The van der Waals surface area contributed by atoms with Gasteiger partial charge in [-0.1, -0.05) is 39.5 Å². The number of unbranched alkanes of at least 4 members (excludes halogenated alkanes) is 2. The minimum atomic E-state index is -2.17. The van der Waals surface area contributed by atoms with Gasteiger partial charge in [-0.15, -0.1) is 44.3 Å². The van der Waals surface area contributed by atoms with Crippen molar-refractivity contribution in [1.82, 2.24) is 0 Å². The van der Waals surface area contributed by atoms with E-state index >= 15 is 0 Å². The zero-order valence-electron chi connectivity index (χ0n) is 9.46. The summed E-state index contributed by atoms with van der Waals surface area (Å²) in [6.45, 7) is -0.0543. The predicted molar refractivity (Wildman–Crippen MR) is 79.2 cm³/mol. The van der Waals surface area contributed by atoms with Gasteiger partial charge in [-0.2, -0.15) is 0 Å². The van der Waals surface area contributed by atoms with Crippen LogP contribution in [0, 0.1) is 0 Å². The first kappa shape index (κ1) is 16.6. The molecule has 15 heavy (non-hydrogen) atoms. The average molecular weight is 326 g/mol. The number of rotatable bonds is 8. The van der Waals surface area contributed by atoms with Crippen LogP contribution in [0.2, 0.25) is 17.8 Å². The first-order chi connectivity index (χ1) is 6.83. The molecule has 0 nitrogen and oxygen atoms in total. The Kier molecular flexibility index (Phi) is 8.66. The monoisotopic (exact) mass is 324 g/mol. The van der Waals surface area contributed by atoms with E-state index in [1.165, 1.54) is 0 Å². The highest BCUT2D eigenvalue weighted by Crippen LogP contribution is 2.38. The van der Waals surface area contributed by atoms with Crippen molar-refractivity contribution in [3.63, 3.8) is 0 Å². The SMILES string of the molecule is CCCC[Si](Cl)(Cl)C[Si](Cl)(Cl)CCCC. The Morgan fingerprint density at radius 2 is 1.07 bits per heavy atom. The number of hydrogen-bond acceptors (Lipinski definition) is 0. The summed E-state index contributed by atoms with van der Waals surface area (Å²) in [5, 5.41) is 0. The lowest BCUT2D eigenvalue weighted by Crippen LogP contribution is -2.32. The second-order valence-electron chi connectivity index (χ2n) is 4.10. The molecule has 0 atom stereocenters. The molecule has 0 heterocycles. The minimum absolute atomic E-state index is 0.715. The van der Waals surface area contributed by atoms with Crippen molar-refractivity contribution in [3.8, 4) is 0 Å². The molecule has 0 aromatic heterocycles. The van der Waals surface area contributed by atoms with Crippen LogP contribution in [0.4, 0.5) is 0 Å². The topological polar surface area (TPSA) is 0 Å². The standard InChI is InChI=1S/C9H20Cl4Si2/c1-3-5-7-14(10,11)9-15(12,13)8-6-4-2/h3-9H2,1-2H3. The van der Waals surface area contributed by atoms with Crippen LogP contribution in [0.5, 0.6) is 0 Å². The van der Waals surface area contributed by atoms with E-state index < -0.39 is 13.4 Å². The third-order valence-corrected chi connectivity index (χ3v) is 15.7. The molecule has 0 spiro atoms. The van der Waals surface area contributed by atoms with E-state index in [-0.39, 0.29) is 0 Å². The predicted octanol–water partition coefficient (Wildman–Crippen LogP) is 5.97. The molecule has 0 aliphatic rings. The Labute approximate surface area is 114 Å². The summed E-state index contributed by atoms with van der Waals surface area (Å²) in [6, 6.07) is 1.85. The van der Waals surface area contributed by atoms with Crippen LogP contribution in [-0.4, -0.2) is 13.4 Å². The van der Waals surface area contributed by atoms with Gasteiger partial charge in [0.05, 0.1) is 0 Å². The number of hydrogen-bond donors (Lipinski definition) is 0. The van der Waals surface area contributed by atoms with Gasteiger partial charge in [0.25, 0.3) is 13.4 Å². The quantitative estimate of drug-likeness (QED) is 0.381. The van der Waals surface area contributed by atoms with Gasteiger partial charge in [0.15, 0.2) is 0 Å². The van der Waals surface area contributed by atoms with E-state index in [1.807, 2.05) is 0 Å². The number of halogens is 4. The fourth-order valence-electron chi connectivity index (χ4n) is 1.43. The van der Waals surface area contributed by atoms with Crippen LogP contribution >= 0.6 is 44.3 Å². The summed E-state index contributed by atoms with van der Waals surface area (Å²) in [6.07, 6.45) is 4.43. The molecule has 0 bridgehead atoms. The Morgan fingerprint density at radius 1 is 0.733 bits per heavy atom. The van der Waals surface area contributed by atoms with Gasteiger partial charge < -0.3 is 0 Å². The summed E-state index contributed by atoms with van der Waals surface area (Å²) < 4.78 is 0. The lowest BCUT2D eigenvalue weighted by atomic mass is 10.4. The minimum Gasteiger partial charge on any atom is -0.146 e. The van der Waals surface area contributed by atoms with Crippen molar-refractivity contribution < 1.29 is 0 Å². The largest absolute Gasteiger partial charge is 0.251 e. The first-order valence-corrected chi connectivity index (χ1v) is 14.5. The molecule has 0 rings (SSSR count). The van der Waals surface area contributed by atoms with Crippen molar-refractivity contribution in [2.75, 3.05) is 0 Å². The second-order valence-corrected chi connectivity index (χ2v) is 19.8. The summed E-state index contributed by atoms with van der Waals surface area (Å²) in [7, 11) is 0. The maximum Gasteiger partial charge on any atom is 0.251 e. The zero-order chi connectivity index (χ0) is 11.9. The van der Waals surface area contributed by atoms with Gasteiger partial charge >= 0.3 is 0 Å². The molecular weight excluding hydrogens is 306 g/mol. The lowest BCUT2D eigenvalue weighted by Gasteiger charge is -2.23. The van der Waals surface area contributed by atoms with Crippen molar-refractivity contribution in [2.45, 2.75) is 57.3 Å². The molecule has 0 amide bonds. The van der Waals surface area contributed by atoms with Crippen LogP contribution in [-0.2, 0) is 0 Å². The van der Waals surface area contributed by atoms with E-state index in [2.05, 4.69) is 13.8 Å². The van der Waals surface area contributed by atoms with Crippen molar-refractivity contribution in [2.24, 2.45) is 0 Å². The van der Waals surface area contributed by atoms with E-state index in [0.717, 1.165) is 37.8 Å². The van der Waals surface area contributed by atoms with E-state index in [4.69, 9.17) is 44.3 Å². The van der Waals surface area contributed by atoms with Gasteiger partial charge in [0.2, 0.25) is 0 Å². The van der Waals surface area contributed by atoms with Gasteiger partial charge in [-0.25, -0.2) is 0 Å². The van der Waals surface area contributed by atoms with Crippen LogP contribution in [0.3, 0.4) is 0 Å². The lowest BCUT2D eigenvalue weighted by molar-refractivity contribution is 0.870. The summed E-state index contributed by atoms with van der Waals surface area (Å²) in [5.74, 6) is 0. The molecule has 0 aromatic carbocycles. The molecular formula is C9H20Cl4Si2. The Balaban J connectivity index is 4.04. The summed E-state index contributed by atoms with van der Waals surface area (Å²) in [5.41, 5.74) is 0.715. The summed E-state index contributed by atoms with van der Waals surface area (Å²) in [4.78, 5) is 0. The van der Waals surface area contributed by atoms with Crippen LogP contribution < -0.4 is 0 Å². The maximum atomic E-state index is 6.35. The van der Waals surface area contributed by atoms with Crippen LogP contribution in [0.25, 0.3) is 0 Å². The van der Waals surface area contributed by atoms with Gasteiger partial charge in [0.1, 0.15) is 0 Å². The molecule has 0 N–H and O–H groups in total. The molecule has 0 aromatic rings. The summed E-state index contributed by atoms with van der Waals surface area (Å²) >= 11 is 25.4. The van der Waals surface area contributed by atoms with Crippen molar-refractivity contribution in [1.29, 1.82) is 0 Å². The highest BCUT2D eigenvalue weighted by molar-refractivity contribution is 7.56. The average Bonchev–Trinajstić information content (AvgIpc) is 2.10. The Hall–Kier alpha value is 1.59. The smallest absolute Gasteiger partial charge is 0.146 e. The Bertz CT molecular complexity index is 155. The second kappa shape index (κ2) is 7.83. The molecule has 0 unspecified atom stereocenters. The van der Waals surface area contributed by atoms with E-state index in [1.54, 1.807) is 0 Å². The molecule has 0 fully saturated rings. The molecule has 0 aliphatic carbocycles. The fourth-order valence-corrected chi connectivity index (χ4v) is 19.9. The first-order valence-electron chi connectivity index (χ1n) is 5.58. The van der Waals surface area contributed by atoms with E-state index in [9.17, 15) is 0 Å². The van der Waals surface area contributed by atoms with Crippen molar-refractivity contribution >= 4 is 57.7 Å². The third-order valence-electron chi connectivity index (χ3n) is 2.31.